The lowest BCUT2D eigenvalue weighted by Crippen LogP contribution is -2.20. The van der Waals surface area contributed by atoms with Crippen molar-refractivity contribution < 1.29 is 14.6 Å². The summed E-state index contributed by atoms with van der Waals surface area (Å²) in [5, 5.41) is 9.40. The Kier molecular flexibility index (Phi) is 3.29. The Morgan fingerprint density at radius 3 is 2.68 bits per heavy atom. The highest BCUT2D eigenvalue weighted by molar-refractivity contribution is 5.83. The third-order valence-corrected chi connectivity index (χ3v) is 3.35. The lowest BCUT2D eigenvalue weighted by molar-refractivity contribution is -0.136. The van der Waals surface area contributed by atoms with Gasteiger partial charge in [0.25, 0.3) is 0 Å². The van der Waals surface area contributed by atoms with Crippen molar-refractivity contribution in [1.29, 1.82) is 0 Å². The van der Waals surface area contributed by atoms with Gasteiger partial charge in [-0.15, -0.1) is 0 Å². The minimum absolute atomic E-state index is 0.226. The number of aromatic nitrogens is 1. The van der Waals surface area contributed by atoms with Gasteiger partial charge in [0.2, 0.25) is 0 Å². The Hall–Kier alpha value is -2.30. The van der Waals surface area contributed by atoms with Crippen LogP contribution in [-0.4, -0.2) is 22.8 Å². The van der Waals surface area contributed by atoms with Gasteiger partial charge in [-0.1, -0.05) is 0 Å². The van der Waals surface area contributed by atoms with E-state index < -0.39 is 5.97 Å². The zero-order valence-electron chi connectivity index (χ0n) is 11.1. The minimum atomic E-state index is -1.01. The van der Waals surface area contributed by atoms with Gasteiger partial charge < -0.3 is 14.4 Å². The van der Waals surface area contributed by atoms with Gasteiger partial charge in [-0.25, -0.2) is 0 Å². The molecule has 0 saturated carbocycles. The topological polar surface area (TPSA) is 68.5 Å². The SMILES string of the molecule is COc1ccc2c(=O)c(CC(=O)O)c(C)n(C)c2c1. The van der Waals surface area contributed by atoms with Crippen LogP contribution in [0.25, 0.3) is 10.9 Å². The molecule has 0 aliphatic rings. The summed E-state index contributed by atoms with van der Waals surface area (Å²) in [4.78, 5) is 23.2. The van der Waals surface area contributed by atoms with Crippen LogP contribution in [0, 0.1) is 6.92 Å². The highest BCUT2D eigenvalue weighted by Gasteiger charge is 2.15. The Balaban J connectivity index is 2.83. The van der Waals surface area contributed by atoms with Crippen molar-refractivity contribution in [3.05, 3.63) is 39.7 Å². The van der Waals surface area contributed by atoms with Crippen molar-refractivity contribution in [2.45, 2.75) is 13.3 Å². The molecule has 0 radical (unpaired) electrons. The molecule has 5 heteroatoms. The van der Waals surface area contributed by atoms with Crippen LogP contribution in [0.2, 0.25) is 0 Å². The molecule has 1 aromatic heterocycles. The van der Waals surface area contributed by atoms with Gasteiger partial charge in [0, 0.05) is 29.8 Å². The first kappa shape index (κ1) is 13.1. The van der Waals surface area contributed by atoms with Crippen molar-refractivity contribution in [3.63, 3.8) is 0 Å². The molecule has 0 aliphatic heterocycles. The van der Waals surface area contributed by atoms with Gasteiger partial charge in [0.05, 0.1) is 19.0 Å². The number of benzene rings is 1. The second kappa shape index (κ2) is 4.76. The fourth-order valence-electron chi connectivity index (χ4n) is 2.18. The molecule has 2 aromatic rings. The van der Waals surface area contributed by atoms with Gasteiger partial charge in [-0.2, -0.15) is 0 Å². The highest BCUT2D eigenvalue weighted by atomic mass is 16.5. The molecular formula is C14H15NO4. The number of hydrogen-bond acceptors (Lipinski definition) is 3. The zero-order valence-corrected chi connectivity index (χ0v) is 11.1. The molecule has 1 aromatic carbocycles. The molecule has 0 bridgehead atoms. The minimum Gasteiger partial charge on any atom is -0.497 e. The van der Waals surface area contributed by atoms with E-state index in [2.05, 4.69) is 0 Å². The van der Waals surface area contributed by atoms with Crippen LogP contribution in [0.1, 0.15) is 11.3 Å². The van der Waals surface area contributed by atoms with Crippen molar-refractivity contribution in [1.82, 2.24) is 4.57 Å². The first-order chi connectivity index (χ1) is 8.95. The Morgan fingerprint density at radius 2 is 2.11 bits per heavy atom. The molecule has 0 spiro atoms. The van der Waals surface area contributed by atoms with Gasteiger partial charge in [0.15, 0.2) is 5.43 Å². The predicted molar refractivity (Wildman–Crippen MR) is 71.8 cm³/mol. The number of rotatable bonds is 3. The summed E-state index contributed by atoms with van der Waals surface area (Å²) in [7, 11) is 3.37. The Labute approximate surface area is 110 Å². The summed E-state index contributed by atoms with van der Waals surface area (Å²) in [6, 6.07) is 5.14. The number of ether oxygens (including phenoxy) is 1. The molecule has 0 aliphatic carbocycles. The number of aliphatic carboxylic acids is 1. The Bertz CT molecular complexity index is 715. The largest absolute Gasteiger partial charge is 0.497 e. The zero-order chi connectivity index (χ0) is 14.2. The van der Waals surface area contributed by atoms with Gasteiger partial charge in [0.1, 0.15) is 5.75 Å². The van der Waals surface area contributed by atoms with Crippen LogP contribution in [0.5, 0.6) is 5.75 Å². The first-order valence-corrected chi connectivity index (χ1v) is 5.83. The monoisotopic (exact) mass is 261 g/mol. The van der Waals surface area contributed by atoms with Gasteiger partial charge >= 0.3 is 5.97 Å². The lowest BCUT2D eigenvalue weighted by atomic mass is 10.1. The predicted octanol–water partition coefficient (Wildman–Crippen LogP) is 1.48. The Morgan fingerprint density at radius 1 is 1.42 bits per heavy atom. The van der Waals surface area contributed by atoms with E-state index in [1.807, 2.05) is 11.6 Å². The third-order valence-electron chi connectivity index (χ3n) is 3.35. The first-order valence-electron chi connectivity index (χ1n) is 5.83. The van der Waals surface area contributed by atoms with E-state index in [-0.39, 0.29) is 11.8 Å². The normalized spacial score (nSPS) is 10.7. The average molecular weight is 261 g/mol. The quantitative estimate of drug-likeness (QED) is 0.908. The standard InChI is InChI=1S/C14H15NO4/c1-8-11(7-13(16)17)14(18)10-5-4-9(19-3)6-12(10)15(8)2/h4-6H,7H2,1-3H3,(H,16,17). The smallest absolute Gasteiger partial charge is 0.308 e. The molecular weight excluding hydrogens is 246 g/mol. The van der Waals surface area contributed by atoms with E-state index >= 15 is 0 Å². The molecule has 19 heavy (non-hydrogen) atoms. The summed E-state index contributed by atoms with van der Waals surface area (Å²) in [5.74, 6) is -0.346. The van der Waals surface area contributed by atoms with E-state index in [0.717, 1.165) is 5.52 Å². The molecule has 1 N–H and O–H groups in total. The van der Waals surface area contributed by atoms with Crippen molar-refractivity contribution >= 4 is 16.9 Å². The fourth-order valence-corrected chi connectivity index (χ4v) is 2.18. The van der Waals surface area contributed by atoms with E-state index in [4.69, 9.17) is 9.84 Å². The van der Waals surface area contributed by atoms with E-state index in [1.54, 1.807) is 32.2 Å². The van der Waals surface area contributed by atoms with Crippen LogP contribution in [-0.2, 0) is 18.3 Å². The fraction of sp³-hybridized carbons (Fsp3) is 0.286. The summed E-state index contributed by atoms with van der Waals surface area (Å²) in [6.07, 6.45) is -0.263. The van der Waals surface area contributed by atoms with Crippen LogP contribution in [0.4, 0.5) is 0 Å². The van der Waals surface area contributed by atoms with Gasteiger partial charge in [-0.3, -0.25) is 9.59 Å². The molecule has 0 amide bonds. The molecule has 100 valence electrons. The van der Waals surface area contributed by atoms with Crippen molar-refractivity contribution in [2.24, 2.45) is 7.05 Å². The number of hydrogen-bond donors (Lipinski definition) is 1. The molecule has 1 heterocycles. The molecule has 0 fully saturated rings. The highest BCUT2D eigenvalue weighted by Crippen LogP contribution is 2.20. The van der Waals surface area contributed by atoms with Crippen LogP contribution in [0.3, 0.4) is 0 Å². The number of aryl methyl sites for hydroxylation is 1. The number of nitrogens with zero attached hydrogens (tertiary/aromatic N) is 1. The number of carboxylic acids is 1. The second-order valence-electron chi connectivity index (χ2n) is 4.41. The molecule has 0 saturated heterocycles. The number of pyridine rings is 1. The summed E-state index contributed by atoms with van der Waals surface area (Å²) in [5.41, 5.74) is 1.49. The van der Waals surface area contributed by atoms with E-state index in [1.165, 1.54) is 0 Å². The average Bonchev–Trinajstić information content (AvgIpc) is 2.40. The molecule has 0 atom stereocenters. The summed E-state index contributed by atoms with van der Waals surface area (Å²) < 4.78 is 6.96. The van der Waals surface area contributed by atoms with Crippen molar-refractivity contribution in [2.75, 3.05) is 7.11 Å². The van der Waals surface area contributed by atoms with Crippen molar-refractivity contribution in [3.8, 4) is 5.75 Å². The number of carbonyl (C=O) groups is 1. The number of fused-ring (bicyclic) bond motifs is 1. The third kappa shape index (κ3) is 2.19. The van der Waals surface area contributed by atoms with E-state index in [9.17, 15) is 9.59 Å². The molecule has 0 unspecified atom stereocenters. The maximum atomic E-state index is 12.3. The van der Waals surface area contributed by atoms with E-state index in [0.29, 0.717) is 22.4 Å². The number of carboxylic acid groups (broad SMARTS) is 1. The van der Waals surface area contributed by atoms with Crippen LogP contribution >= 0.6 is 0 Å². The number of methoxy groups -OCH3 is 1. The molecule has 2 rings (SSSR count). The second-order valence-corrected chi connectivity index (χ2v) is 4.41. The lowest BCUT2D eigenvalue weighted by Gasteiger charge is -2.14. The summed E-state index contributed by atoms with van der Waals surface area (Å²) in [6.45, 7) is 1.75. The summed E-state index contributed by atoms with van der Waals surface area (Å²) >= 11 is 0. The maximum Gasteiger partial charge on any atom is 0.308 e. The molecule has 5 nitrogen and oxygen atoms in total. The maximum absolute atomic E-state index is 12.3. The van der Waals surface area contributed by atoms with Crippen LogP contribution < -0.4 is 10.2 Å². The van der Waals surface area contributed by atoms with Gasteiger partial charge in [-0.05, 0) is 19.1 Å². The van der Waals surface area contributed by atoms with Crippen LogP contribution in [0.15, 0.2) is 23.0 Å².